The normalized spacial score (nSPS) is 10.6. The Morgan fingerprint density at radius 3 is 2.76 bits per heavy atom. The lowest BCUT2D eigenvalue weighted by Crippen LogP contribution is -2.28. The molecular weight excluding hydrogens is 381 g/mol. The van der Waals surface area contributed by atoms with E-state index in [0.29, 0.717) is 26.7 Å². The zero-order valence-corrected chi connectivity index (χ0v) is 16.0. The number of hydrogen-bond donors (Lipinski definition) is 2. The van der Waals surface area contributed by atoms with Crippen LogP contribution in [0.5, 0.6) is 11.5 Å². The zero-order valence-electron chi connectivity index (χ0n) is 13.7. The number of hydrazone groups is 1. The van der Waals surface area contributed by atoms with Gasteiger partial charge < -0.3 is 14.8 Å². The van der Waals surface area contributed by atoms with Crippen molar-refractivity contribution >= 4 is 46.7 Å². The van der Waals surface area contributed by atoms with E-state index in [0.717, 1.165) is 11.1 Å². The number of rotatable bonds is 6. The number of hydrogen-bond acceptors (Lipinski definition) is 4. The highest BCUT2D eigenvalue weighted by molar-refractivity contribution is 7.80. The van der Waals surface area contributed by atoms with E-state index in [9.17, 15) is 0 Å². The number of methoxy groups -OCH3 is 1. The molecule has 0 aliphatic heterocycles. The average Bonchev–Trinajstić information content (AvgIpc) is 2.61. The topological polar surface area (TPSA) is 54.9 Å². The summed E-state index contributed by atoms with van der Waals surface area (Å²) in [5.41, 5.74) is 4.24. The van der Waals surface area contributed by atoms with Gasteiger partial charge in [0, 0.05) is 28.2 Å². The van der Waals surface area contributed by atoms with E-state index in [1.807, 2.05) is 24.3 Å². The maximum Gasteiger partial charge on any atom is 0.186 e. The highest BCUT2D eigenvalue weighted by Crippen LogP contribution is 2.31. The quantitative estimate of drug-likeness (QED) is 0.438. The fourth-order valence-corrected chi connectivity index (χ4v) is 2.47. The van der Waals surface area contributed by atoms with Gasteiger partial charge in [0.05, 0.1) is 13.3 Å². The third-order valence-corrected chi connectivity index (χ3v) is 4.10. The summed E-state index contributed by atoms with van der Waals surface area (Å²) in [4.78, 5) is 0. The summed E-state index contributed by atoms with van der Waals surface area (Å²) in [6.07, 6.45) is 1.60. The molecule has 2 rings (SSSR count). The molecule has 0 unspecified atom stereocenters. The van der Waals surface area contributed by atoms with E-state index in [4.69, 9.17) is 44.9 Å². The minimum absolute atomic E-state index is 0.263. The lowest BCUT2D eigenvalue weighted by molar-refractivity contribution is 0.284. The van der Waals surface area contributed by atoms with Crippen LogP contribution in [-0.4, -0.2) is 25.5 Å². The molecule has 2 aromatic carbocycles. The van der Waals surface area contributed by atoms with Gasteiger partial charge in [-0.2, -0.15) is 5.10 Å². The second-order valence-electron chi connectivity index (χ2n) is 4.85. The predicted molar refractivity (Wildman–Crippen MR) is 106 cm³/mol. The first-order chi connectivity index (χ1) is 12.0. The van der Waals surface area contributed by atoms with Crippen LogP contribution in [0.2, 0.25) is 10.0 Å². The van der Waals surface area contributed by atoms with Crippen LogP contribution in [0.1, 0.15) is 11.1 Å². The lowest BCUT2D eigenvalue weighted by atomic mass is 10.2. The molecule has 8 heteroatoms. The molecule has 0 atom stereocenters. The van der Waals surface area contributed by atoms with E-state index in [2.05, 4.69) is 15.8 Å². The van der Waals surface area contributed by atoms with E-state index in [-0.39, 0.29) is 6.61 Å². The van der Waals surface area contributed by atoms with Crippen LogP contribution in [0.4, 0.5) is 0 Å². The number of benzene rings is 2. The summed E-state index contributed by atoms with van der Waals surface area (Å²) in [7, 11) is 3.29. The van der Waals surface area contributed by atoms with Crippen molar-refractivity contribution in [3.05, 3.63) is 57.6 Å². The molecule has 0 aliphatic rings. The number of halogens is 2. The van der Waals surface area contributed by atoms with Gasteiger partial charge in [0.25, 0.3) is 0 Å². The lowest BCUT2D eigenvalue weighted by Gasteiger charge is -2.14. The second kappa shape index (κ2) is 9.46. The Bertz CT molecular complexity index is 784. The maximum absolute atomic E-state index is 6.19. The average molecular weight is 398 g/mol. The van der Waals surface area contributed by atoms with Crippen LogP contribution in [0.3, 0.4) is 0 Å². The third-order valence-electron chi connectivity index (χ3n) is 3.21. The van der Waals surface area contributed by atoms with E-state index >= 15 is 0 Å². The van der Waals surface area contributed by atoms with Gasteiger partial charge in [-0.1, -0.05) is 35.3 Å². The Morgan fingerprint density at radius 2 is 2.08 bits per heavy atom. The molecule has 0 fully saturated rings. The number of thiocarbonyl (C=S) groups is 1. The molecule has 0 aliphatic carbocycles. The van der Waals surface area contributed by atoms with Crippen molar-refractivity contribution in [3.8, 4) is 11.5 Å². The first-order valence-corrected chi connectivity index (χ1v) is 8.46. The monoisotopic (exact) mass is 397 g/mol. The predicted octanol–water partition coefficient (Wildman–Crippen LogP) is 4.01. The summed E-state index contributed by atoms with van der Waals surface area (Å²) >= 11 is 17.1. The van der Waals surface area contributed by atoms with Crippen molar-refractivity contribution in [1.29, 1.82) is 0 Å². The molecular formula is C17H17Cl2N3O2S. The molecule has 0 saturated heterocycles. The van der Waals surface area contributed by atoms with Gasteiger partial charge in [0.15, 0.2) is 16.6 Å². The van der Waals surface area contributed by atoms with Crippen molar-refractivity contribution < 1.29 is 9.47 Å². The number of ether oxygens (including phenoxy) is 2. The Labute approximate surface area is 161 Å². The van der Waals surface area contributed by atoms with Gasteiger partial charge >= 0.3 is 0 Å². The van der Waals surface area contributed by atoms with Gasteiger partial charge in [-0.15, -0.1) is 0 Å². The molecule has 0 saturated carbocycles. The Morgan fingerprint density at radius 1 is 1.28 bits per heavy atom. The van der Waals surface area contributed by atoms with Crippen LogP contribution in [0, 0.1) is 0 Å². The first-order valence-electron chi connectivity index (χ1n) is 7.29. The maximum atomic E-state index is 6.19. The summed E-state index contributed by atoms with van der Waals surface area (Å²) in [6, 6.07) is 10.8. The SMILES string of the molecule is CNC(=S)N/N=C/c1cccc(OC)c1OCc1ccc(Cl)cc1Cl. The molecule has 5 nitrogen and oxygen atoms in total. The van der Waals surface area contributed by atoms with Crippen LogP contribution < -0.4 is 20.2 Å². The fraction of sp³-hybridized carbons (Fsp3) is 0.176. The highest BCUT2D eigenvalue weighted by Gasteiger charge is 2.11. The van der Waals surface area contributed by atoms with Crippen molar-refractivity contribution in [2.24, 2.45) is 5.10 Å². The minimum atomic E-state index is 0.263. The Kier molecular flexibility index (Phi) is 7.31. The Hall–Kier alpha value is -2.02. The molecule has 0 amide bonds. The van der Waals surface area contributed by atoms with Gasteiger partial charge in [0.1, 0.15) is 6.61 Å². The molecule has 0 spiro atoms. The van der Waals surface area contributed by atoms with E-state index < -0.39 is 0 Å². The smallest absolute Gasteiger partial charge is 0.186 e. The Balaban J connectivity index is 2.21. The summed E-state index contributed by atoms with van der Waals surface area (Å²) in [5, 5.41) is 8.37. The van der Waals surface area contributed by atoms with Crippen molar-refractivity contribution in [3.63, 3.8) is 0 Å². The van der Waals surface area contributed by atoms with Crippen molar-refractivity contribution in [2.45, 2.75) is 6.61 Å². The molecule has 2 aromatic rings. The molecule has 25 heavy (non-hydrogen) atoms. The standard InChI is InChI=1S/C17H17Cl2N3O2S/c1-20-17(25)22-21-9-11-4-3-5-15(23-2)16(11)24-10-12-6-7-13(18)8-14(12)19/h3-9H,10H2,1-2H3,(H2,20,22,25)/b21-9+. The summed E-state index contributed by atoms with van der Waals surface area (Å²) in [6.45, 7) is 0.263. The van der Waals surface area contributed by atoms with Crippen LogP contribution in [-0.2, 0) is 6.61 Å². The molecule has 0 heterocycles. The highest BCUT2D eigenvalue weighted by atomic mass is 35.5. The van der Waals surface area contributed by atoms with Crippen LogP contribution >= 0.6 is 35.4 Å². The van der Waals surface area contributed by atoms with Crippen LogP contribution in [0.15, 0.2) is 41.5 Å². The molecule has 0 aromatic heterocycles. The number of nitrogens with one attached hydrogen (secondary N) is 2. The van der Waals surface area contributed by atoms with Crippen molar-refractivity contribution in [2.75, 3.05) is 14.2 Å². The van der Waals surface area contributed by atoms with Gasteiger partial charge in [-0.3, -0.25) is 5.43 Å². The minimum Gasteiger partial charge on any atom is -0.493 e. The van der Waals surface area contributed by atoms with Gasteiger partial charge in [-0.25, -0.2) is 0 Å². The van der Waals surface area contributed by atoms with Crippen molar-refractivity contribution in [1.82, 2.24) is 10.7 Å². The van der Waals surface area contributed by atoms with Gasteiger partial charge in [0.2, 0.25) is 0 Å². The summed E-state index contributed by atoms with van der Waals surface area (Å²) < 4.78 is 11.3. The second-order valence-corrected chi connectivity index (χ2v) is 6.10. The molecule has 2 N–H and O–H groups in total. The van der Waals surface area contributed by atoms with E-state index in [1.54, 1.807) is 32.5 Å². The zero-order chi connectivity index (χ0) is 18.2. The third kappa shape index (κ3) is 5.49. The van der Waals surface area contributed by atoms with Crippen LogP contribution in [0.25, 0.3) is 0 Å². The van der Waals surface area contributed by atoms with Gasteiger partial charge in [-0.05, 0) is 36.5 Å². The molecule has 0 bridgehead atoms. The number of para-hydroxylation sites is 1. The summed E-state index contributed by atoms with van der Waals surface area (Å²) in [5.74, 6) is 1.14. The number of nitrogens with zero attached hydrogens (tertiary/aromatic N) is 1. The largest absolute Gasteiger partial charge is 0.493 e. The molecule has 132 valence electrons. The van der Waals surface area contributed by atoms with E-state index in [1.165, 1.54) is 0 Å². The first kappa shape index (κ1) is 19.3. The molecule has 0 radical (unpaired) electrons. The fourth-order valence-electron chi connectivity index (χ4n) is 1.95.